The van der Waals surface area contributed by atoms with Crippen molar-refractivity contribution in [3.05, 3.63) is 20.8 Å². The number of hydrogen-bond donors (Lipinski definition) is 1. The standard InChI is InChI=1S/C11H19BrN2S/c1-3-6-14(7-5-13-2)9-11-10(12)4-8-15-11/h4,8,13H,3,5-7,9H2,1-2H3. The van der Waals surface area contributed by atoms with Gasteiger partial charge in [-0.2, -0.15) is 0 Å². The molecular formula is C11H19BrN2S. The number of likely N-dealkylation sites (N-methyl/N-ethyl adjacent to an activating group) is 1. The van der Waals surface area contributed by atoms with Crippen molar-refractivity contribution in [2.75, 3.05) is 26.7 Å². The third-order valence-electron chi connectivity index (χ3n) is 2.28. The van der Waals surface area contributed by atoms with Crippen molar-refractivity contribution in [3.8, 4) is 0 Å². The zero-order chi connectivity index (χ0) is 11.1. The molecule has 0 amide bonds. The van der Waals surface area contributed by atoms with Gasteiger partial charge in [0.2, 0.25) is 0 Å². The molecule has 1 heterocycles. The summed E-state index contributed by atoms with van der Waals surface area (Å²) < 4.78 is 1.25. The number of nitrogens with one attached hydrogen (secondary N) is 1. The molecule has 0 aromatic carbocycles. The van der Waals surface area contributed by atoms with Crippen LogP contribution in [0.15, 0.2) is 15.9 Å². The molecule has 2 nitrogen and oxygen atoms in total. The second kappa shape index (κ2) is 7.39. The summed E-state index contributed by atoms with van der Waals surface area (Å²) in [4.78, 5) is 3.92. The van der Waals surface area contributed by atoms with Gasteiger partial charge in [0.05, 0.1) is 0 Å². The van der Waals surface area contributed by atoms with Gasteiger partial charge in [-0.25, -0.2) is 0 Å². The molecule has 86 valence electrons. The molecule has 0 spiro atoms. The fraction of sp³-hybridized carbons (Fsp3) is 0.636. The summed E-state index contributed by atoms with van der Waals surface area (Å²) in [5.41, 5.74) is 0. The molecular weight excluding hydrogens is 272 g/mol. The summed E-state index contributed by atoms with van der Waals surface area (Å²) in [6.45, 7) is 6.65. The minimum Gasteiger partial charge on any atom is -0.318 e. The van der Waals surface area contributed by atoms with E-state index in [9.17, 15) is 0 Å². The predicted molar refractivity (Wildman–Crippen MR) is 71.5 cm³/mol. The minimum atomic E-state index is 1.06. The lowest BCUT2D eigenvalue weighted by atomic mass is 10.3. The predicted octanol–water partition coefficient (Wildman–Crippen LogP) is 2.94. The van der Waals surface area contributed by atoms with E-state index in [1.807, 2.05) is 18.4 Å². The molecule has 0 saturated carbocycles. The van der Waals surface area contributed by atoms with E-state index >= 15 is 0 Å². The van der Waals surface area contributed by atoms with Crippen molar-refractivity contribution >= 4 is 27.3 Å². The van der Waals surface area contributed by atoms with E-state index in [2.05, 4.69) is 44.5 Å². The largest absolute Gasteiger partial charge is 0.318 e. The molecule has 1 rings (SSSR count). The van der Waals surface area contributed by atoms with Crippen molar-refractivity contribution in [2.45, 2.75) is 19.9 Å². The summed E-state index contributed by atoms with van der Waals surface area (Å²) >= 11 is 5.41. The van der Waals surface area contributed by atoms with Crippen molar-refractivity contribution in [3.63, 3.8) is 0 Å². The molecule has 0 unspecified atom stereocenters. The van der Waals surface area contributed by atoms with Crippen LogP contribution >= 0.6 is 27.3 Å². The van der Waals surface area contributed by atoms with Gasteiger partial charge in [0.1, 0.15) is 0 Å². The maximum absolute atomic E-state index is 3.58. The van der Waals surface area contributed by atoms with Crippen LogP contribution in [-0.4, -0.2) is 31.6 Å². The van der Waals surface area contributed by atoms with Gasteiger partial charge in [-0.3, -0.25) is 4.90 Å². The monoisotopic (exact) mass is 290 g/mol. The lowest BCUT2D eigenvalue weighted by Gasteiger charge is -2.20. The van der Waals surface area contributed by atoms with Crippen molar-refractivity contribution in [1.82, 2.24) is 10.2 Å². The van der Waals surface area contributed by atoms with Crippen LogP contribution in [0.1, 0.15) is 18.2 Å². The number of rotatable bonds is 7. The van der Waals surface area contributed by atoms with Gasteiger partial charge < -0.3 is 5.32 Å². The Morgan fingerprint density at radius 1 is 1.47 bits per heavy atom. The average molecular weight is 291 g/mol. The Morgan fingerprint density at radius 2 is 2.27 bits per heavy atom. The second-order valence-electron chi connectivity index (χ2n) is 3.57. The first kappa shape index (κ1) is 13.2. The lowest BCUT2D eigenvalue weighted by molar-refractivity contribution is 0.269. The second-order valence-corrected chi connectivity index (χ2v) is 5.43. The van der Waals surface area contributed by atoms with Gasteiger partial charge in [0.25, 0.3) is 0 Å². The van der Waals surface area contributed by atoms with E-state index in [1.54, 1.807) is 0 Å². The molecule has 1 aromatic rings. The highest BCUT2D eigenvalue weighted by atomic mass is 79.9. The van der Waals surface area contributed by atoms with Crippen LogP contribution in [0.3, 0.4) is 0 Å². The molecule has 0 radical (unpaired) electrons. The Kier molecular flexibility index (Phi) is 6.48. The molecule has 0 bridgehead atoms. The van der Waals surface area contributed by atoms with Crippen LogP contribution in [0.2, 0.25) is 0 Å². The van der Waals surface area contributed by atoms with Crippen LogP contribution < -0.4 is 5.32 Å². The maximum Gasteiger partial charge on any atom is 0.0339 e. The molecule has 1 aromatic heterocycles. The van der Waals surface area contributed by atoms with E-state index in [1.165, 1.54) is 22.3 Å². The zero-order valence-electron chi connectivity index (χ0n) is 9.42. The van der Waals surface area contributed by atoms with Crippen molar-refractivity contribution < 1.29 is 0 Å². The van der Waals surface area contributed by atoms with Gasteiger partial charge in [-0.1, -0.05) is 6.92 Å². The topological polar surface area (TPSA) is 15.3 Å². The van der Waals surface area contributed by atoms with Gasteiger partial charge >= 0.3 is 0 Å². The Hall–Kier alpha value is 0.100. The first-order valence-electron chi connectivity index (χ1n) is 5.36. The number of nitrogens with zero attached hydrogens (tertiary/aromatic N) is 1. The van der Waals surface area contributed by atoms with Crippen LogP contribution in [0, 0.1) is 0 Å². The Labute approximate surface area is 105 Å². The molecule has 0 fully saturated rings. The highest BCUT2D eigenvalue weighted by Gasteiger charge is 2.07. The fourth-order valence-corrected chi connectivity index (χ4v) is 3.02. The zero-order valence-corrected chi connectivity index (χ0v) is 11.8. The molecule has 0 saturated heterocycles. The fourth-order valence-electron chi connectivity index (χ4n) is 1.50. The molecule has 0 aliphatic carbocycles. The lowest BCUT2D eigenvalue weighted by Crippen LogP contribution is -2.30. The maximum atomic E-state index is 3.58. The van der Waals surface area contributed by atoms with Crippen LogP contribution in [0.5, 0.6) is 0 Å². The molecule has 1 N–H and O–H groups in total. The van der Waals surface area contributed by atoms with Crippen LogP contribution in [0.25, 0.3) is 0 Å². The van der Waals surface area contributed by atoms with Gasteiger partial charge in [0, 0.05) is 29.0 Å². The quantitative estimate of drug-likeness (QED) is 0.831. The molecule has 0 aliphatic heterocycles. The van der Waals surface area contributed by atoms with Gasteiger partial charge in [-0.15, -0.1) is 11.3 Å². The number of thiophene rings is 1. The number of hydrogen-bond acceptors (Lipinski definition) is 3. The molecule has 4 heteroatoms. The Balaban J connectivity index is 2.46. The van der Waals surface area contributed by atoms with Crippen molar-refractivity contribution in [2.24, 2.45) is 0 Å². The van der Waals surface area contributed by atoms with E-state index in [-0.39, 0.29) is 0 Å². The SMILES string of the molecule is CCCN(CCNC)Cc1sccc1Br. The smallest absolute Gasteiger partial charge is 0.0339 e. The van der Waals surface area contributed by atoms with E-state index < -0.39 is 0 Å². The van der Waals surface area contributed by atoms with Crippen molar-refractivity contribution in [1.29, 1.82) is 0 Å². The first-order valence-corrected chi connectivity index (χ1v) is 7.04. The Morgan fingerprint density at radius 3 is 2.80 bits per heavy atom. The normalized spacial score (nSPS) is 11.2. The van der Waals surface area contributed by atoms with E-state index in [0.717, 1.165) is 19.6 Å². The van der Waals surface area contributed by atoms with E-state index in [4.69, 9.17) is 0 Å². The average Bonchev–Trinajstić information content (AvgIpc) is 2.61. The summed E-state index contributed by atoms with van der Waals surface area (Å²) in [5, 5.41) is 5.34. The molecule has 0 atom stereocenters. The summed E-state index contributed by atoms with van der Waals surface area (Å²) in [6.07, 6.45) is 1.21. The van der Waals surface area contributed by atoms with Gasteiger partial charge in [0.15, 0.2) is 0 Å². The highest BCUT2D eigenvalue weighted by molar-refractivity contribution is 9.10. The van der Waals surface area contributed by atoms with Gasteiger partial charge in [-0.05, 0) is 47.4 Å². The molecule has 0 aliphatic rings. The van der Waals surface area contributed by atoms with Crippen LogP contribution in [0.4, 0.5) is 0 Å². The summed E-state index contributed by atoms with van der Waals surface area (Å²) in [7, 11) is 2.01. The third kappa shape index (κ3) is 4.64. The molecule has 15 heavy (non-hydrogen) atoms. The highest BCUT2D eigenvalue weighted by Crippen LogP contribution is 2.24. The number of halogens is 1. The van der Waals surface area contributed by atoms with E-state index in [0.29, 0.717) is 0 Å². The summed E-state index contributed by atoms with van der Waals surface area (Å²) in [6, 6.07) is 2.13. The Bertz CT molecular complexity index is 275. The summed E-state index contributed by atoms with van der Waals surface area (Å²) in [5.74, 6) is 0. The van der Waals surface area contributed by atoms with Crippen LogP contribution in [-0.2, 0) is 6.54 Å². The minimum absolute atomic E-state index is 1.06. The third-order valence-corrected chi connectivity index (χ3v) is 4.19. The first-order chi connectivity index (χ1) is 7.27.